The van der Waals surface area contributed by atoms with Gasteiger partial charge in [-0.05, 0) is 6.07 Å². The molecule has 0 heterocycles. The lowest BCUT2D eigenvalue weighted by molar-refractivity contribution is -0.385. The first-order chi connectivity index (χ1) is 7.56. The standard InChI is InChI=1S/C11H11NO4/c1-2-8(13)7-11(14)9-5-3-4-6-10(9)12(15)16/h3-7,14H,2H2,1H3/b11-7-. The van der Waals surface area contributed by atoms with Gasteiger partial charge in [0.25, 0.3) is 5.69 Å². The largest absolute Gasteiger partial charge is 0.507 e. The summed E-state index contributed by atoms with van der Waals surface area (Å²) in [4.78, 5) is 21.1. The number of hydrogen-bond donors (Lipinski definition) is 1. The van der Waals surface area contributed by atoms with E-state index in [0.29, 0.717) is 0 Å². The minimum Gasteiger partial charge on any atom is -0.507 e. The van der Waals surface area contributed by atoms with Crippen molar-refractivity contribution >= 4 is 17.2 Å². The predicted octanol–water partition coefficient (Wildman–Crippen LogP) is 2.47. The summed E-state index contributed by atoms with van der Waals surface area (Å²) in [5.74, 6) is -0.658. The normalized spacial score (nSPS) is 11.2. The van der Waals surface area contributed by atoms with E-state index in [0.717, 1.165) is 6.08 Å². The number of hydrogen-bond acceptors (Lipinski definition) is 4. The number of aliphatic hydroxyl groups is 1. The molecule has 1 aromatic rings. The van der Waals surface area contributed by atoms with Gasteiger partial charge in [-0.1, -0.05) is 19.1 Å². The van der Waals surface area contributed by atoms with Gasteiger partial charge in [0.1, 0.15) is 5.76 Å². The Labute approximate surface area is 92.2 Å². The number of ketones is 1. The molecule has 0 saturated heterocycles. The van der Waals surface area contributed by atoms with Crippen LogP contribution in [0.4, 0.5) is 5.69 Å². The zero-order valence-electron chi connectivity index (χ0n) is 8.71. The van der Waals surface area contributed by atoms with E-state index in [1.165, 1.54) is 18.2 Å². The van der Waals surface area contributed by atoms with Crippen LogP contribution in [-0.4, -0.2) is 15.8 Å². The predicted molar refractivity (Wildman–Crippen MR) is 59.0 cm³/mol. The Morgan fingerprint density at radius 3 is 2.69 bits per heavy atom. The summed E-state index contributed by atoms with van der Waals surface area (Å²) in [6.07, 6.45) is 1.24. The van der Waals surface area contributed by atoms with E-state index in [-0.39, 0.29) is 29.2 Å². The maximum absolute atomic E-state index is 11.1. The van der Waals surface area contributed by atoms with Crippen LogP contribution in [-0.2, 0) is 4.79 Å². The summed E-state index contributed by atoms with van der Waals surface area (Å²) in [6.45, 7) is 1.64. The Bertz CT molecular complexity index is 451. The molecule has 0 radical (unpaired) electrons. The average Bonchev–Trinajstić information content (AvgIpc) is 2.28. The fourth-order valence-electron chi connectivity index (χ4n) is 1.18. The van der Waals surface area contributed by atoms with E-state index in [4.69, 9.17) is 0 Å². The molecule has 0 aliphatic rings. The second-order valence-electron chi connectivity index (χ2n) is 3.12. The average molecular weight is 221 g/mol. The Balaban J connectivity index is 3.18. The molecule has 1 N–H and O–H groups in total. The highest BCUT2D eigenvalue weighted by molar-refractivity contribution is 5.95. The first kappa shape index (κ1) is 11.9. The molecular formula is C11H11NO4. The molecule has 0 spiro atoms. The molecule has 0 amide bonds. The molecule has 1 rings (SSSR count). The van der Waals surface area contributed by atoms with Gasteiger partial charge in [0.05, 0.1) is 10.5 Å². The van der Waals surface area contributed by atoms with E-state index in [9.17, 15) is 20.0 Å². The van der Waals surface area contributed by atoms with Crippen LogP contribution in [0.25, 0.3) is 5.76 Å². The molecule has 0 unspecified atom stereocenters. The van der Waals surface area contributed by atoms with Crippen molar-refractivity contribution < 1.29 is 14.8 Å². The van der Waals surface area contributed by atoms with Gasteiger partial charge in [0.15, 0.2) is 5.78 Å². The molecular weight excluding hydrogens is 210 g/mol. The molecule has 0 fully saturated rings. The highest BCUT2D eigenvalue weighted by Gasteiger charge is 2.15. The van der Waals surface area contributed by atoms with Crippen molar-refractivity contribution in [2.75, 3.05) is 0 Å². The summed E-state index contributed by atoms with van der Waals surface area (Å²) in [5.41, 5.74) is -0.172. The van der Waals surface area contributed by atoms with Crippen molar-refractivity contribution in [3.05, 3.63) is 46.0 Å². The smallest absolute Gasteiger partial charge is 0.280 e. The number of aliphatic hydroxyl groups excluding tert-OH is 1. The summed E-state index contributed by atoms with van der Waals surface area (Å²) in [7, 11) is 0. The number of para-hydroxylation sites is 1. The van der Waals surface area contributed by atoms with E-state index in [2.05, 4.69) is 0 Å². The van der Waals surface area contributed by atoms with Gasteiger partial charge < -0.3 is 5.11 Å². The molecule has 84 valence electrons. The second kappa shape index (κ2) is 5.06. The van der Waals surface area contributed by atoms with Gasteiger partial charge in [0, 0.05) is 18.6 Å². The van der Waals surface area contributed by atoms with E-state index in [1.54, 1.807) is 13.0 Å². The van der Waals surface area contributed by atoms with Crippen LogP contribution < -0.4 is 0 Å². The number of allylic oxidation sites excluding steroid dienone is 1. The lowest BCUT2D eigenvalue weighted by Crippen LogP contribution is -1.97. The number of nitro benzene ring substituents is 1. The highest BCUT2D eigenvalue weighted by atomic mass is 16.6. The van der Waals surface area contributed by atoms with Crippen molar-refractivity contribution in [1.82, 2.24) is 0 Å². The highest BCUT2D eigenvalue weighted by Crippen LogP contribution is 2.23. The lowest BCUT2D eigenvalue weighted by atomic mass is 10.1. The molecule has 5 nitrogen and oxygen atoms in total. The lowest BCUT2D eigenvalue weighted by Gasteiger charge is -2.00. The van der Waals surface area contributed by atoms with Crippen molar-refractivity contribution in [1.29, 1.82) is 0 Å². The zero-order valence-corrected chi connectivity index (χ0v) is 8.71. The third-order valence-corrected chi connectivity index (χ3v) is 2.02. The minimum atomic E-state index is -0.601. The molecule has 0 aliphatic carbocycles. The van der Waals surface area contributed by atoms with Gasteiger partial charge in [-0.25, -0.2) is 0 Å². The zero-order chi connectivity index (χ0) is 12.1. The molecule has 16 heavy (non-hydrogen) atoms. The van der Waals surface area contributed by atoms with E-state index < -0.39 is 4.92 Å². The quantitative estimate of drug-likeness (QED) is 0.366. The molecule has 1 aromatic carbocycles. The topological polar surface area (TPSA) is 80.4 Å². The first-order valence-electron chi connectivity index (χ1n) is 4.73. The van der Waals surface area contributed by atoms with Gasteiger partial charge in [-0.2, -0.15) is 0 Å². The van der Waals surface area contributed by atoms with Gasteiger partial charge in [-0.15, -0.1) is 0 Å². The van der Waals surface area contributed by atoms with Crippen molar-refractivity contribution in [2.24, 2.45) is 0 Å². The number of carbonyl (C=O) groups is 1. The SMILES string of the molecule is CCC(=O)/C=C(\O)c1ccccc1[N+](=O)[O-]. The van der Waals surface area contributed by atoms with Gasteiger partial charge >= 0.3 is 0 Å². The van der Waals surface area contributed by atoms with Gasteiger partial charge in [0.2, 0.25) is 0 Å². The number of benzene rings is 1. The van der Waals surface area contributed by atoms with E-state index >= 15 is 0 Å². The molecule has 0 bridgehead atoms. The fraction of sp³-hybridized carbons (Fsp3) is 0.182. The van der Waals surface area contributed by atoms with Crippen molar-refractivity contribution in [3.8, 4) is 0 Å². The summed E-state index contributed by atoms with van der Waals surface area (Å²) in [6, 6.07) is 5.72. The Hall–Kier alpha value is -2.17. The van der Waals surface area contributed by atoms with E-state index in [1.807, 2.05) is 0 Å². The van der Waals surface area contributed by atoms with Gasteiger partial charge in [-0.3, -0.25) is 14.9 Å². The Kier molecular flexibility index (Phi) is 3.77. The molecule has 5 heteroatoms. The summed E-state index contributed by atoms with van der Waals surface area (Å²) < 4.78 is 0. The number of nitrogens with zero attached hydrogens (tertiary/aromatic N) is 1. The van der Waals surface area contributed by atoms with Crippen LogP contribution in [0.2, 0.25) is 0 Å². The Morgan fingerprint density at radius 1 is 1.50 bits per heavy atom. The minimum absolute atomic E-state index is 0.0503. The van der Waals surface area contributed by atoms with Crippen LogP contribution >= 0.6 is 0 Å². The van der Waals surface area contributed by atoms with Crippen LogP contribution in [0.1, 0.15) is 18.9 Å². The van der Waals surface area contributed by atoms with Crippen molar-refractivity contribution in [2.45, 2.75) is 13.3 Å². The Morgan fingerprint density at radius 2 is 2.12 bits per heavy atom. The summed E-state index contributed by atoms with van der Waals surface area (Å²) >= 11 is 0. The molecule has 0 saturated carbocycles. The first-order valence-corrected chi connectivity index (χ1v) is 4.73. The second-order valence-corrected chi connectivity index (χ2v) is 3.12. The monoisotopic (exact) mass is 221 g/mol. The maximum atomic E-state index is 11.1. The number of carbonyl (C=O) groups excluding carboxylic acids is 1. The third-order valence-electron chi connectivity index (χ3n) is 2.02. The molecule has 0 aliphatic heterocycles. The molecule has 0 aromatic heterocycles. The number of rotatable bonds is 4. The maximum Gasteiger partial charge on any atom is 0.280 e. The van der Waals surface area contributed by atoms with Crippen LogP contribution in [0.15, 0.2) is 30.3 Å². The number of nitro groups is 1. The fourth-order valence-corrected chi connectivity index (χ4v) is 1.18. The third kappa shape index (κ3) is 2.66. The summed E-state index contributed by atoms with van der Waals surface area (Å²) in [5, 5.41) is 20.3. The van der Waals surface area contributed by atoms with Crippen LogP contribution in [0.3, 0.4) is 0 Å². The van der Waals surface area contributed by atoms with Crippen LogP contribution in [0, 0.1) is 10.1 Å². The molecule has 0 atom stereocenters. The van der Waals surface area contributed by atoms with Crippen molar-refractivity contribution in [3.63, 3.8) is 0 Å². The van der Waals surface area contributed by atoms with Crippen LogP contribution in [0.5, 0.6) is 0 Å².